The second-order valence-corrected chi connectivity index (χ2v) is 7.85. The predicted octanol–water partition coefficient (Wildman–Crippen LogP) is 3.72. The summed E-state index contributed by atoms with van der Waals surface area (Å²) in [6.07, 6.45) is 4.71. The van der Waals surface area contributed by atoms with E-state index in [0.29, 0.717) is 29.1 Å². The van der Waals surface area contributed by atoms with Crippen molar-refractivity contribution in [2.45, 2.75) is 32.1 Å². The largest absolute Gasteiger partial charge is 0.493 e. The molecule has 2 N–H and O–H groups in total. The minimum Gasteiger partial charge on any atom is -0.493 e. The summed E-state index contributed by atoms with van der Waals surface area (Å²) < 4.78 is 16.8. The van der Waals surface area contributed by atoms with Crippen molar-refractivity contribution in [3.05, 3.63) is 35.9 Å². The van der Waals surface area contributed by atoms with Crippen LogP contribution >= 0.6 is 0 Å². The molecule has 1 unspecified atom stereocenters. The number of H-pyrrole nitrogens is 1. The molecule has 1 saturated heterocycles. The molecule has 0 bridgehead atoms. The van der Waals surface area contributed by atoms with Gasteiger partial charge in [-0.1, -0.05) is 6.92 Å². The molecule has 1 aromatic carbocycles. The van der Waals surface area contributed by atoms with Crippen LogP contribution in [0.4, 0.5) is 0 Å². The lowest BCUT2D eigenvalue weighted by Gasteiger charge is -2.18. The van der Waals surface area contributed by atoms with Crippen LogP contribution in [0.1, 0.15) is 37.1 Å². The van der Waals surface area contributed by atoms with E-state index in [1.54, 1.807) is 20.4 Å². The maximum Gasteiger partial charge on any atom is 0.285 e. The van der Waals surface area contributed by atoms with Gasteiger partial charge in [-0.3, -0.25) is 0 Å². The minimum atomic E-state index is 0.240. The Labute approximate surface area is 185 Å². The third kappa shape index (κ3) is 3.58. The molecule has 3 aromatic heterocycles. The lowest BCUT2D eigenvalue weighted by atomic mass is 10.00. The molecule has 4 heterocycles. The highest BCUT2D eigenvalue weighted by Crippen LogP contribution is 2.36. The van der Waals surface area contributed by atoms with E-state index in [4.69, 9.17) is 18.9 Å². The number of piperidine rings is 1. The highest BCUT2D eigenvalue weighted by Gasteiger charge is 2.23. The molecular formula is C23H26N6O3. The van der Waals surface area contributed by atoms with Gasteiger partial charge in [0.2, 0.25) is 11.7 Å². The van der Waals surface area contributed by atoms with Crippen molar-refractivity contribution in [2.24, 2.45) is 0 Å². The average molecular weight is 435 g/mol. The third-order valence-corrected chi connectivity index (χ3v) is 5.94. The fourth-order valence-corrected chi connectivity index (χ4v) is 4.27. The maximum atomic E-state index is 5.95. The van der Waals surface area contributed by atoms with Gasteiger partial charge in [0.1, 0.15) is 0 Å². The number of aromatic amines is 1. The summed E-state index contributed by atoms with van der Waals surface area (Å²) >= 11 is 0. The number of ether oxygens (including phenoxy) is 2. The van der Waals surface area contributed by atoms with Gasteiger partial charge in [-0.25, -0.2) is 9.97 Å². The molecule has 1 fully saturated rings. The quantitative estimate of drug-likeness (QED) is 0.472. The normalized spacial score (nSPS) is 16.4. The molecule has 0 radical (unpaired) electrons. The SMILES string of the molecule is CCc1c(-c2ccc(OC)c(OC)c2)[nH]c2cnc(-c3nnc(C4CCCNC4)o3)nc12. The van der Waals surface area contributed by atoms with Gasteiger partial charge in [0, 0.05) is 23.6 Å². The van der Waals surface area contributed by atoms with Gasteiger partial charge < -0.3 is 24.2 Å². The molecule has 5 rings (SSSR count). The van der Waals surface area contributed by atoms with Gasteiger partial charge in [0.15, 0.2) is 11.5 Å². The second-order valence-electron chi connectivity index (χ2n) is 7.85. The molecule has 32 heavy (non-hydrogen) atoms. The zero-order valence-corrected chi connectivity index (χ0v) is 18.4. The number of aryl methyl sites for hydroxylation is 1. The van der Waals surface area contributed by atoms with Crippen molar-refractivity contribution in [3.8, 4) is 34.5 Å². The summed E-state index contributed by atoms with van der Waals surface area (Å²) in [5.41, 5.74) is 4.76. The molecule has 9 heteroatoms. The Kier molecular flexibility index (Phi) is 5.48. The Balaban J connectivity index is 1.53. The fourth-order valence-electron chi connectivity index (χ4n) is 4.27. The maximum absolute atomic E-state index is 5.95. The molecule has 1 atom stereocenters. The molecule has 1 aliphatic rings. The number of hydrogen-bond acceptors (Lipinski definition) is 8. The van der Waals surface area contributed by atoms with Gasteiger partial charge in [-0.2, -0.15) is 0 Å². The standard InChI is InChI=1S/C23H26N6O3/c1-4-15-19(13-7-8-17(30-2)18(10-13)31-3)26-16-12-25-21(27-20(15)16)23-29-28-22(32-23)14-6-5-9-24-11-14/h7-8,10,12,14,24,26H,4-6,9,11H2,1-3H3. The van der Waals surface area contributed by atoms with E-state index in [2.05, 4.69) is 32.4 Å². The van der Waals surface area contributed by atoms with Crippen LogP contribution in [0.3, 0.4) is 0 Å². The number of benzene rings is 1. The van der Waals surface area contributed by atoms with Crippen LogP contribution in [0, 0.1) is 0 Å². The Morgan fingerprint density at radius 1 is 1.16 bits per heavy atom. The number of fused-ring (bicyclic) bond motifs is 1. The zero-order valence-electron chi connectivity index (χ0n) is 18.4. The second kappa shape index (κ2) is 8.58. The average Bonchev–Trinajstić information content (AvgIpc) is 3.48. The van der Waals surface area contributed by atoms with Crippen molar-refractivity contribution in [2.75, 3.05) is 27.3 Å². The van der Waals surface area contributed by atoms with Crippen LogP contribution in [-0.2, 0) is 6.42 Å². The summed E-state index contributed by atoms with van der Waals surface area (Å²) in [5.74, 6) is 3.03. The van der Waals surface area contributed by atoms with Crippen molar-refractivity contribution in [3.63, 3.8) is 0 Å². The molecule has 9 nitrogen and oxygen atoms in total. The summed E-state index contributed by atoms with van der Waals surface area (Å²) in [6, 6.07) is 5.86. The summed E-state index contributed by atoms with van der Waals surface area (Å²) in [4.78, 5) is 12.7. The summed E-state index contributed by atoms with van der Waals surface area (Å²) in [6.45, 7) is 4.00. The van der Waals surface area contributed by atoms with Crippen molar-refractivity contribution >= 4 is 11.0 Å². The van der Waals surface area contributed by atoms with Crippen molar-refractivity contribution in [1.82, 2.24) is 30.5 Å². The first kappa shape index (κ1) is 20.4. The van der Waals surface area contributed by atoms with Gasteiger partial charge in [-0.15, -0.1) is 10.2 Å². The van der Waals surface area contributed by atoms with Crippen LogP contribution in [0.2, 0.25) is 0 Å². The van der Waals surface area contributed by atoms with Crippen LogP contribution in [0.25, 0.3) is 34.0 Å². The number of aromatic nitrogens is 5. The molecule has 0 amide bonds. The van der Waals surface area contributed by atoms with E-state index in [1.807, 2.05) is 18.2 Å². The lowest BCUT2D eigenvalue weighted by Crippen LogP contribution is -2.28. The van der Waals surface area contributed by atoms with Gasteiger partial charge >= 0.3 is 0 Å². The van der Waals surface area contributed by atoms with Crippen LogP contribution in [0.5, 0.6) is 11.5 Å². The molecule has 0 spiro atoms. The highest BCUT2D eigenvalue weighted by molar-refractivity contribution is 5.88. The lowest BCUT2D eigenvalue weighted by molar-refractivity contribution is 0.355. The van der Waals surface area contributed by atoms with Crippen molar-refractivity contribution < 1.29 is 13.9 Å². The zero-order chi connectivity index (χ0) is 22.1. The minimum absolute atomic E-state index is 0.240. The predicted molar refractivity (Wildman–Crippen MR) is 120 cm³/mol. The monoisotopic (exact) mass is 434 g/mol. The van der Waals surface area contributed by atoms with Crippen LogP contribution < -0.4 is 14.8 Å². The van der Waals surface area contributed by atoms with Crippen molar-refractivity contribution in [1.29, 1.82) is 0 Å². The Morgan fingerprint density at radius 2 is 2.03 bits per heavy atom. The fraction of sp³-hybridized carbons (Fsp3) is 0.391. The molecule has 166 valence electrons. The number of rotatable bonds is 6. The molecule has 1 aliphatic heterocycles. The Hall–Kier alpha value is -3.46. The van der Waals surface area contributed by atoms with E-state index in [9.17, 15) is 0 Å². The van der Waals surface area contributed by atoms with E-state index in [-0.39, 0.29) is 5.92 Å². The van der Waals surface area contributed by atoms with Gasteiger partial charge in [-0.05, 0) is 44.0 Å². The third-order valence-electron chi connectivity index (χ3n) is 5.94. The Bertz CT molecular complexity index is 1240. The van der Waals surface area contributed by atoms with Gasteiger partial charge in [0.05, 0.1) is 37.1 Å². The first-order chi connectivity index (χ1) is 15.7. The van der Waals surface area contributed by atoms with E-state index in [1.165, 1.54) is 0 Å². The first-order valence-electron chi connectivity index (χ1n) is 10.9. The molecule has 4 aromatic rings. The Morgan fingerprint density at radius 3 is 2.78 bits per heavy atom. The molecule has 0 aliphatic carbocycles. The number of hydrogen-bond donors (Lipinski definition) is 2. The molecular weight excluding hydrogens is 408 g/mol. The summed E-state index contributed by atoms with van der Waals surface area (Å²) in [5, 5.41) is 11.9. The topological polar surface area (TPSA) is 111 Å². The van der Waals surface area contributed by atoms with Crippen LogP contribution in [-0.4, -0.2) is 52.5 Å². The van der Waals surface area contributed by atoms with E-state index >= 15 is 0 Å². The smallest absolute Gasteiger partial charge is 0.285 e. The first-order valence-corrected chi connectivity index (χ1v) is 10.9. The number of nitrogens with zero attached hydrogens (tertiary/aromatic N) is 4. The number of nitrogens with one attached hydrogen (secondary N) is 2. The van der Waals surface area contributed by atoms with Crippen LogP contribution in [0.15, 0.2) is 28.8 Å². The number of methoxy groups -OCH3 is 2. The summed E-state index contributed by atoms with van der Waals surface area (Å²) in [7, 11) is 3.26. The van der Waals surface area contributed by atoms with Gasteiger partial charge in [0.25, 0.3) is 5.89 Å². The van der Waals surface area contributed by atoms with E-state index < -0.39 is 0 Å². The molecule has 0 saturated carbocycles. The highest BCUT2D eigenvalue weighted by atomic mass is 16.5. The van der Waals surface area contributed by atoms with E-state index in [0.717, 1.165) is 60.2 Å².